The van der Waals surface area contributed by atoms with Crippen LogP contribution < -0.4 is 0 Å². The second kappa shape index (κ2) is 17.9. The molecule has 0 radical (unpaired) electrons. The van der Waals surface area contributed by atoms with Crippen molar-refractivity contribution in [2.24, 2.45) is 0 Å². The molecule has 10 aromatic carbocycles. The van der Waals surface area contributed by atoms with E-state index in [-0.39, 0.29) is 27.9 Å². The Bertz CT molecular complexity index is 4950. The van der Waals surface area contributed by atoms with Gasteiger partial charge in [0.15, 0.2) is 11.6 Å². The Morgan fingerprint density at radius 1 is 0.329 bits per heavy atom. The first-order valence-electron chi connectivity index (χ1n) is 27.8. The average Bonchev–Trinajstić information content (AvgIpc) is 1.61. The molecule has 0 amide bonds. The fourth-order valence-electron chi connectivity index (χ4n) is 12.7. The van der Waals surface area contributed by atoms with E-state index in [1.807, 2.05) is 112 Å². The molecule has 0 saturated carbocycles. The van der Waals surface area contributed by atoms with Gasteiger partial charge in [-0.25, -0.2) is 4.98 Å². The number of para-hydroxylation sites is 5. The molecule has 7 nitrogen and oxygen atoms in total. The monoisotopic (exact) mass is 1070 g/mol. The van der Waals surface area contributed by atoms with E-state index in [1.165, 1.54) is 17.2 Å². The minimum atomic E-state index is -4.84. The molecular formula is C72H54F3N7. The lowest BCUT2D eigenvalue weighted by atomic mass is 9.85. The van der Waals surface area contributed by atoms with Crippen LogP contribution in [0.2, 0.25) is 0 Å². The van der Waals surface area contributed by atoms with Crippen molar-refractivity contribution in [2.75, 3.05) is 0 Å². The molecular weight excluding hydrogens is 1020 g/mol. The summed E-state index contributed by atoms with van der Waals surface area (Å²) in [7, 11) is 0. The van der Waals surface area contributed by atoms with Gasteiger partial charge in [0.1, 0.15) is 0 Å². The number of benzene rings is 10. The Labute approximate surface area is 470 Å². The van der Waals surface area contributed by atoms with Crippen LogP contribution in [0.3, 0.4) is 0 Å². The van der Waals surface area contributed by atoms with Gasteiger partial charge in [0.2, 0.25) is 5.95 Å². The highest BCUT2D eigenvalue weighted by Gasteiger charge is 2.37. The maximum Gasteiger partial charge on any atom is 0.418 e. The standard InChI is InChI=1S/C72H54F3N7/c1-70(2,3)45-35-38-58-52(41-45)53-42-46(71(4,5)6)36-39-59(53)82(58)69-77-67(43-22-10-7-11-23-43)76-68(78-69)44-34-37-60(54(40-44)72(73,74)75)81-57-33-21-18-30-51(57)63-65-61(49-28-16-19-31-55(49)79(65)47-24-12-8-13-25-47)64-62(66(63)81)50-29-17-20-32-56(50)80(64)48-26-14-9-15-27-48/h7-42H,1-6H3. The van der Waals surface area contributed by atoms with E-state index in [2.05, 4.69) is 148 Å². The summed E-state index contributed by atoms with van der Waals surface area (Å²) >= 11 is 0. The second-order valence-corrected chi connectivity index (χ2v) is 23.6. The zero-order valence-electron chi connectivity index (χ0n) is 46.0. The van der Waals surface area contributed by atoms with Gasteiger partial charge < -0.3 is 13.7 Å². The molecule has 5 aromatic heterocycles. The third kappa shape index (κ3) is 7.47. The zero-order valence-corrected chi connectivity index (χ0v) is 46.0. The topological polar surface area (TPSA) is 58.4 Å². The van der Waals surface area contributed by atoms with Gasteiger partial charge in [0.05, 0.1) is 55.4 Å². The molecule has 0 fully saturated rings. The third-order valence-electron chi connectivity index (χ3n) is 16.5. The van der Waals surface area contributed by atoms with Gasteiger partial charge in [0.25, 0.3) is 0 Å². The molecule has 0 saturated heterocycles. The van der Waals surface area contributed by atoms with Gasteiger partial charge in [-0.05, 0) is 107 Å². The highest BCUT2D eigenvalue weighted by atomic mass is 19.4. The van der Waals surface area contributed by atoms with Crippen LogP contribution in [-0.4, -0.2) is 33.2 Å². The Hall–Kier alpha value is -9.80. The van der Waals surface area contributed by atoms with E-state index >= 15 is 13.2 Å². The molecule has 15 aromatic rings. The fourth-order valence-corrected chi connectivity index (χ4v) is 12.7. The van der Waals surface area contributed by atoms with E-state index in [4.69, 9.17) is 15.0 Å². The van der Waals surface area contributed by atoms with Crippen LogP contribution in [-0.2, 0) is 17.0 Å². The van der Waals surface area contributed by atoms with E-state index in [0.29, 0.717) is 28.4 Å². The van der Waals surface area contributed by atoms with Gasteiger partial charge in [-0.3, -0.25) is 4.57 Å². The number of alkyl halides is 3. The summed E-state index contributed by atoms with van der Waals surface area (Å²) in [6, 6.07) is 72.2. The lowest BCUT2D eigenvalue weighted by Crippen LogP contribution is -2.12. The average molecular weight is 1070 g/mol. The van der Waals surface area contributed by atoms with Crippen LogP contribution in [0, 0.1) is 0 Å². The number of nitrogens with zero attached hydrogens (tertiary/aromatic N) is 7. The Balaban J connectivity index is 1.05. The van der Waals surface area contributed by atoms with Crippen molar-refractivity contribution in [3.05, 3.63) is 235 Å². The molecule has 15 rings (SSSR count). The minimum absolute atomic E-state index is 0.0220. The number of rotatable bonds is 6. The summed E-state index contributed by atoms with van der Waals surface area (Å²) in [6.07, 6.45) is -4.84. The molecule has 0 spiro atoms. The first-order valence-corrected chi connectivity index (χ1v) is 27.8. The summed E-state index contributed by atoms with van der Waals surface area (Å²) in [4.78, 5) is 15.4. The normalized spacial score (nSPS) is 12.7. The van der Waals surface area contributed by atoms with Crippen LogP contribution in [0.5, 0.6) is 0 Å². The summed E-state index contributed by atoms with van der Waals surface area (Å²) in [5.41, 5.74) is 10.8. The van der Waals surface area contributed by atoms with Gasteiger partial charge in [0, 0.05) is 65.6 Å². The van der Waals surface area contributed by atoms with Crippen molar-refractivity contribution in [3.8, 4) is 45.8 Å². The molecule has 10 heteroatoms. The van der Waals surface area contributed by atoms with E-state index < -0.39 is 11.7 Å². The first-order chi connectivity index (χ1) is 39.6. The van der Waals surface area contributed by atoms with Crippen LogP contribution in [0.4, 0.5) is 13.2 Å². The highest BCUT2D eigenvalue weighted by molar-refractivity contribution is 6.40. The Morgan fingerprint density at radius 3 is 1.17 bits per heavy atom. The lowest BCUT2D eigenvalue weighted by Gasteiger charge is -2.19. The van der Waals surface area contributed by atoms with Crippen LogP contribution >= 0.6 is 0 Å². The molecule has 0 N–H and O–H groups in total. The van der Waals surface area contributed by atoms with Crippen molar-refractivity contribution in [1.82, 2.24) is 33.2 Å². The molecule has 82 heavy (non-hydrogen) atoms. The Kier molecular flexibility index (Phi) is 10.7. The number of fused-ring (bicyclic) bond motifs is 15. The lowest BCUT2D eigenvalue weighted by molar-refractivity contribution is -0.137. The van der Waals surface area contributed by atoms with Gasteiger partial charge in [-0.2, -0.15) is 23.1 Å². The van der Waals surface area contributed by atoms with E-state index in [9.17, 15) is 0 Å². The molecule has 5 heterocycles. The molecule has 0 aliphatic heterocycles. The molecule has 0 atom stereocenters. The van der Waals surface area contributed by atoms with Crippen molar-refractivity contribution < 1.29 is 13.2 Å². The predicted octanol–water partition coefficient (Wildman–Crippen LogP) is 19.2. The molecule has 0 aliphatic carbocycles. The smallest absolute Gasteiger partial charge is 0.308 e. The fraction of sp³-hybridized carbons (Fsp3) is 0.125. The molecule has 0 bridgehead atoms. The predicted molar refractivity (Wildman–Crippen MR) is 330 cm³/mol. The van der Waals surface area contributed by atoms with Crippen LogP contribution in [0.1, 0.15) is 58.2 Å². The van der Waals surface area contributed by atoms with Crippen molar-refractivity contribution in [1.29, 1.82) is 0 Å². The number of halogens is 3. The maximum absolute atomic E-state index is 16.8. The summed E-state index contributed by atoms with van der Waals surface area (Å²) < 4.78 is 58.7. The Morgan fingerprint density at radius 2 is 0.720 bits per heavy atom. The number of hydrogen-bond acceptors (Lipinski definition) is 3. The molecule has 398 valence electrons. The summed E-state index contributed by atoms with van der Waals surface area (Å²) in [5.74, 6) is 0.743. The minimum Gasteiger partial charge on any atom is -0.308 e. The first kappa shape index (κ1) is 49.3. The van der Waals surface area contributed by atoms with Gasteiger partial charge >= 0.3 is 6.18 Å². The maximum atomic E-state index is 16.8. The molecule has 0 aliphatic rings. The van der Waals surface area contributed by atoms with Crippen molar-refractivity contribution in [3.63, 3.8) is 0 Å². The largest absolute Gasteiger partial charge is 0.418 e. The number of aromatic nitrogens is 7. The number of hydrogen-bond donors (Lipinski definition) is 0. The van der Waals surface area contributed by atoms with Gasteiger partial charge in [-0.15, -0.1) is 0 Å². The third-order valence-corrected chi connectivity index (χ3v) is 16.5. The van der Waals surface area contributed by atoms with Gasteiger partial charge in [-0.1, -0.05) is 175 Å². The van der Waals surface area contributed by atoms with E-state index in [1.54, 1.807) is 12.1 Å². The second-order valence-electron chi connectivity index (χ2n) is 23.6. The zero-order chi connectivity index (χ0) is 56.0. The van der Waals surface area contributed by atoms with Crippen molar-refractivity contribution in [2.45, 2.75) is 58.5 Å². The van der Waals surface area contributed by atoms with Crippen LogP contribution in [0.15, 0.2) is 218 Å². The van der Waals surface area contributed by atoms with Crippen LogP contribution in [0.25, 0.3) is 133 Å². The van der Waals surface area contributed by atoms with E-state index in [0.717, 1.165) is 87.6 Å². The quantitative estimate of drug-likeness (QED) is 0.167. The highest BCUT2D eigenvalue weighted by Crippen LogP contribution is 2.51. The SMILES string of the molecule is CC(C)(C)c1ccc2c(c1)c1cc(C(C)(C)C)ccc1n2-c1nc(-c2ccccc2)nc(-c2ccc(-n3c4ccccc4c4c5c(c6ccccc6n5-c5ccccc5)c5c(c6ccccc6n5-c5ccccc5)c43)c(C(F)(F)F)c2)n1. The summed E-state index contributed by atoms with van der Waals surface area (Å²) in [6.45, 7) is 13.2. The summed E-state index contributed by atoms with van der Waals surface area (Å²) in [5, 5.41) is 7.53. The van der Waals surface area contributed by atoms with Crippen molar-refractivity contribution >= 4 is 87.2 Å². The molecule has 0 unspecified atom stereocenters.